The molecule has 0 aliphatic heterocycles. The summed E-state index contributed by atoms with van der Waals surface area (Å²) < 4.78 is 4.95. The van der Waals surface area contributed by atoms with Crippen LogP contribution >= 0.6 is 11.8 Å². The van der Waals surface area contributed by atoms with Gasteiger partial charge in [0.05, 0.1) is 7.11 Å². The molecule has 1 fully saturated rings. The van der Waals surface area contributed by atoms with Crippen molar-refractivity contribution in [3.63, 3.8) is 0 Å². The van der Waals surface area contributed by atoms with Crippen LogP contribution in [0.4, 0.5) is 0 Å². The third-order valence-electron chi connectivity index (χ3n) is 3.43. The summed E-state index contributed by atoms with van der Waals surface area (Å²) in [4.78, 5) is 12.0. The van der Waals surface area contributed by atoms with Crippen LogP contribution in [0.3, 0.4) is 0 Å². The fourth-order valence-electron chi connectivity index (χ4n) is 2.37. The third kappa shape index (κ3) is 5.71. The highest BCUT2D eigenvalue weighted by molar-refractivity contribution is 8.00. The van der Waals surface area contributed by atoms with Crippen LogP contribution in [-0.4, -0.2) is 46.9 Å². The van der Waals surface area contributed by atoms with Gasteiger partial charge in [-0.15, -0.1) is 0 Å². The predicted octanol–water partition coefficient (Wildman–Crippen LogP) is 1.95. The van der Waals surface area contributed by atoms with E-state index in [2.05, 4.69) is 19.2 Å². The average molecular weight is 289 g/mol. The molecular weight excluding hydrogens is 262 g/mol. The van der Waals surface area contributed by atoms with Gasteiger partial charge >= 0.3 is 5.97 Å². The van der Waals surface area contributed by atoms with E-state index in [1.165, 1.54) is 7.11 Å². The molecule has 1 aliphatic carbocycles. The van der Waals surface area contributed by atoms with Gasteiger partial charge in [0, 0.05) is 23.1 Å². The van der Waals surface area contributed by atoms with Crippen LogP contribution in [0.1, 0.15) is 46.5 Å². The second-order valence-corrected chi connectivity index (χ2v) is 7.60. The quantitative estimate of drug-likeness (QED) is 0.635. The molecule has 0 aromatic rings. The number of nitrogens with one attached hydrogen (secondary N) is 1. The largest absolute Gasteiger partial charge is 0.468 e. The van der Waals surface area contributed by atoms with Crippen molar-refractivity contribution in [3.05, 3.63) is 0 Å². The molecule has 0 bridgehead atoms. The lowest BCUT2D eigenvalue weighted by Gasteiger charge is -2.31. The topological polar surface area (TPSA) is 58.6 Å². The van der Waals surface area contributed by atoms with Crippen molar-refractivity contribution in [3.8, 4) is 0 Å². The molecule has 3 unspecified atom stereocenters. The smallest absolute Gasteiger partial charge is 0.325 e. The maximum Gasteiger partial charge on any atom is 0.325 e. The van der Waals surface area contributed by atoms with Crippen molar-refractivity contribution in [2.45, 2.75) is 68.5 Å². The van der Waals surface area contributed by atoms with Crippen molar-refractivity contribution in [2.75, 3.05) is 13.7 Å². The fourth-order valence-corrected chi connectivity index (χ4v) is 3.84. The molecule has 0 radical (unpaired) electrons. The first kappa shape index (κ1) is 16.8. The van der Waals surface area contributed by atoms with Crippen LogP contribution in [-0.2, 0) is 9.53 Å². The first-order chi connectivity index (χ1) is 8.91. The van der Waals surface area contributed by atoms with Gasteiger partial charge in [-0.3, -0.25) is 10.1 Å². The third-order valence-corrected chi connectivity index (χ3v) is 4.76. The second kappa shape index (κ2) is 7.50. The Labute approximate surface area is 120 Å². The van der Waals surface area contributed by atoms with Crippen molar-refractivity contribution in [1.82, 2.24) is 5.32 Å². The molecule has 0 aromatic carbocycles. The van der Waals surface area contributed by atoms with Gasteiger partial charge in [-0.25, -0.2) is 0 Å². The Kier molecular flexibility index (Phi) is 6.63. The number of methoxy groups -OCH3 is 1. The number of rotatable bonds is 9. The van der Waals surface area contributed by atoms with Crippen LogP contribution < -0.4 is 5.32 Å². The number of thioether (sulfide) groups is 1. The van der Waals surface area contributed by atoms with Crippen LogP contribution in [0.5, 0.6) is 0 Å². The summed E-state index contributed by atoms with van der Waals surface area (Å²) in [5.41, 5.74) is -0.596. The molecule has 5 heteroatoms. The predicted molar refractivity (Wildman–Crippen MR) is 79.4 cm³/mol. The van der Waals surface area contributed by atoms with E-state index in [1.54, 1.807) is 0 Å². The number of esters is 1. The summed E-state index contributed by atoms with van der Waals surface area (Å²) in [6.45, 7) is 6.40. The molecule has 19 heavy (non-hydrogen) atoms. The number of hydrogen-bond donors (Lipinski definition) is 2. The molecule has 1 aliphatic rings. The molecule has 0 saturated heterocycles. The molecule has 1 saturated carbocycles. The molecule has 1 rings (SSSR count). The van der Waals surface area contributed by atoms with Crippen LogP contribution in [0.15, 0.2) is 0 Å². The summed E-state index contributed by atoms with van der Waals surface area (Å²) in [7, 11) is 1.45. The Hall–Kier alpha value is -0.260. The van der Waals surface area contributed by atoms with E-state index >= 15 is 0 Å². The molecule has 0 heterocycles. The maximum atomic E-state index is 12.0. The van der Waals surface area contributed by atoms with E-state index in [0.717, 1.165) is 25.7 Å². The lowest BCUT2D eigenvalue weighted by Crippen LogP contribution is -2.52. The molecule has 0 aromatic heterocycles. The highest BCUT2D eigenvalue weighted by Gasteiger charge is 2.40. The van der Waals surface area contributed by atoms with Gasteiger partial charge in [0.15, 0.2) is 0 Å². The van der Waals surface area contributed by atoms with Crippen molar-refractivity contribution in [1.29, 1.82) is 0 Å². The zero-order valence-corrected chi connectivity index (χ0v) is 13.3. The Balaban J connectivity index is 2.53. The Morgan fingerprint density at radius 3 is 2.58 bits per heavy atom. The number of aliphatic hydroxyl groups is 1. The first-order valence-corrected chi connectivity index (χ1v) is 7.98. The number of carbonyl (C=O) groups is 1. The maximum absolute atomic E-state index is 12.0. The monoisotopic (exact) mass is 289 g/mol. The normalized spacial score (nSPS) is 21.5. The number of ether oxygens (including phenoxy) is 1. The zero-order chi connectivity index (χ0) is 14.5. The van der Waals surface area contributed by atoms with E-state index in [1.807, 2.05) is 18.7 Å². The lowest BCUT2D eigenvalue weighted by atomic mass is 9.96. The van der Waals surface area contributed by atoms with Gasteiger partial charge in [0.2, 0.25) is 0 Å². The Morgan fingerprint density at radius 1 is 1.47 bits per heavy atom. The summed E-state index contributed by atoms with van der Waals surface area (Å²) >= 11 is 1.82. The minimum Gasteiger partial charge on any atom is -0.468 e. The van der Waals surface area contributed by atoms with Gasteiger partial charge in [0.1, 0.15) is 5.54 Å². The highest BCUT2D eigenvalue weighted by atomic mass is 32.2. The standard InChI is InChI=1S/C14H27NO3S/c1-10(7-8-16)19-11(2)9-14(3,13(17)18-4)15-12-5-6-12/h10-12,15-16H,5-9H2,1-4H3. The van der Waals surface area contributed by atoms with Crippen molar-refractivity contribution >= 4 is 17.7 Å². The molecule has 3 atom stereocenters. The number of hydrogen-bond acceptors (Lipinski definition) is 5. The first-order valence-electron chi connectivity index (χ1n) is 7.03. The van der Waals surface area contributed by atoms with Gasteiger partial charge in [-0.05, 0) is 32.6 Å². The van der Waals surface area contributed by atoms with Crippen LogP contribution in [0.2, 0.25) is 0 Å². The van der Waals surface area contributed by atoms with Gasteiger partial charge in [-0.2, -0.15) is 11.8 Å². The summed E-state index contributed by atoms with van der Waals surface area (Å²) in [6, 6.07) is 0.469. The number of aliphatic hydroxyl groups excluding tert-OH is 1. The van der Waals surface area contributed by atoms with Gasteiger partial charge in [0.25, 0.3) is 0 Å². The lowest BCUT2D eigenvalue weighted by molar-refractivity contribution is -0.148. The Bertz CT molecular complexity index is 296. The van der Waals surface area contributed by atoms with E-state index in [0.29, 0.717) is 16.5 Å². The van der Waals surface area contributed by atoms with Gasteiger partial charge < -0.3 is 9.84 Å². The minimum atomic E-state index is -0.596. The zero-order valence-electron chi connectivity index (χ0n) is 12.4. The molecular formula is C14H27NO3S. The Morgan fingerprint density at radius 2 is 2.11 bits per heavy atom. The van der Waals surface area contributed by atoms with E-state index in [9.17, 15) is 4.79 Å². The molecule has 0 amide bonds. The molecule has 4 nitrogen and oxygen atoms in total. The minimum absolute atomic E-state index is 0.179. The number of carbonyl (C=O) groups excluding carboxylic acids is 1. The summed E-state index contributed by atoms with van der Waals surface area (Å²) in [5.74, 6) is -0.179. The average Bonchev–Trinajstić information content (AvgIpc) is 3.11. The van der Waals surface area contributed by atoms with Crippen LogP contribution in [0, 0.1) is 0 Å². The molecule has 112 valence electrons. The van der Waals surface area contributed by atoms with E-state index < -0.39 is 5.54 Å². The molecule has 0 spiro atoms. The van der Waals surface area contributed by atoms with Gasteiger partial charge in [-0.1, -0.05) is 13.8 Å². The fraction of sp³-hybridized carbons (Fsp3) is 0.929. The van der Waals surface area contributed by atoms with Crippen molar-refractivity contribution < 1.29 is 14.6 Å². The summed E-state index contributed by atoms with van der Waals surface area (Å²) in [5, 5.41) is 13.1. The second-order valence-electron chi connectivity index (χ2n) is 5.72. The van der Waals surface area contributed by atoms with Crippen LogP contribution in [0.25, 0.3) is 0 Å². The molecule has 2 N–H and O–H groups in total. The summed E-state index contributed by atoms with van der Waals surface area (Å²) in [6.07, 6.45) is 3.83. The van der Waals surface area contributed by atoms with Crippen molar-refractivity contribution in [2.24, 2.45) is 0 Å². The SMILES string of the molecule is COC(=O)C(C)(CC(C)SC(C)CCO)NC1CC1. The van der Waals surface area contributed by atoms with E-state index in [-0.39, 0.29) is 12.6 Å². The van der Waals surface area contributed by atoms with E-state index in [4.69, 9.17) is 9.84 Å². The highest BCUT2D eigenvalue weighted by Crippen LogP contribution is 2.30.